The predicted molar refractivity (Wildman–Crippen MR) is 71.7 cm³/mol. The van der Waals surface area contributed by atoms with Gasteiger partial charge in [0, 0.05) is 49.0 Å². The van der Waals surface area contributed by atoms with E-state index in [4.69, 9.17) is 4.42 Å². The van der Waals surface area contributed by atoms with Crippen molar-refractivity contribution in [1.82, 2.24) is 14.9 Å². The molecule has 0 N–H and O–H groups in total. The molecule has 2 aliphatic rings. The molecule has 0 saturated carbocycles. The number of aromatic nitrogens is 2. The number of halogens is 1. The van der Waals surface area contributed by atoms with Crippen LogP contribution in [0.15, 0.2) is 21.2 Å². The number of anilines is 1. The first-order valence-corrected chi connectivity index (χ1v) is 7.00. The highest BCUT2D eigenvalue weighted by molar-refractivity contribution is 9.10. The predicted octanol–water partition coefficient (Wildman–Crippen LogP) is 1.88. The maximum Gasteiger partial charge on any atom is 0.300 e. The second-order valence-electron chi connectivity index (χ2n) is 4.91. The topological polar surface area (TPSA) is 45.4 Å². The zero-order chi connectivity index (χ0) is 12.1. The SMILES string of the molecule is Brc1cnc2nc(N3CCN4CC[C@@H]3C4)oc2c1. The van der Waals surface area contributed by atoms with Crippen LogP contribution in [-0.4, -0.2) is 47.1 Å². The van der Waals surface area contributed by atoms with Crippen molar-refractivity contribution in [3.8, 4) is 0 Å². The minimum absolute atomic E-state index is 0.551. The summed E-state index contributed by atoms with van der Waals surface area (Å²) in [6.07, 6.45) is 2.96. The fourth-order valence-electron chi connectivity index (χ4n) is 2.86. The molecule has 0 aromatic carbocycles. The number of fused-ring (bicyclic) bond motifs is 3. The first-order chi connectivity index (χ1) is 8.79. The molecule has 2 aromatic heterocycles. The van der Waals surface area contributed by atoms with E-state index in [2.05, 4.69) is 35.7 Å². The molecule has 0 aliphatic carbocycles. The van der Waals surface area contributed by atoms with E-state index in [1.165, 1.54) is 13.0 Å². The fourth-order valence-corrected chi connectivity index (χ4v) is 3.17. The monoisotopic (exact) mass is 308 g/mol. The number of oxazole rings is 1. The normalized spacial score (nSPS) is 27.1. The van der Waals surface area contributed by atoms with E-state index in [-0.39, 0.29) is 0 Å². The lowest BCUT2D eigenvalue weighted by atomic mass is 10.2. The third-order valence-corrected chi connectivity index (χ3v) is 4.23. The lowest BCUT2D eigenvalue weighted by Gasteiger charge is -2.32. The van der Waals surface area contributed by atoms with Crippen molar-refractivity contribution in [3.63, 3.8) is 0 Å². The van der Waals surface area contributed by atoms with Crippen LogP contribution >= 0.6 is 15.9 Å². The number of pyridine rings is 1. The third kappa shape index (κ3) is 1.63. The Balaban J connectivity index is 1.73. The van der Waals surface area contributed by atoms with Crippen LogP contribution in [0, 0.1) is 0 Å². The molecule has 0 spiro atoms. The molecule has 2 saturated heterocycles. The van der Waals surface area contributed by atoms with Crippen LogP contribution in [0.5, 0.6) is 0 Å². The van der Waals surface area contributed by atoms with Gasteiger partial charge in [0.05, 0.1) is 0 Å². The molecule has 5 nitrogen and oxygen atoms in total. The smallest absolute Gasteiger partial charge is 0.300 e. The van der Waals surface area contributed by atoms with Crippen molar-refractivity contribution in [2.24, 2.45) is 0 Å². The van der Waals surface area contributed by atoms with E-state index in [9.17, 15) is 0 Å². The molecule has 94 valence electrons. The Morgan fingerprint density at radius 3 is 3.22 bits per heavy atom. The maximum atomic E-state index is 5.84. The number of nitrogens with zero attached hydrogens (tertiary/aromatic N) is 4. The Kier molecular flexibility index (Phi) is 2.35. The Bertz CT molecular complexity index is 599. The number of rotatable bonds is 1. The molecule has 0 amide bonds. The fraction of sp³-hybridized carbons (Fsp3) is 0.500. The van der Waals surface area contributed by atoms with Crippen LogP contribution in [0.3, 0.4) is 0 Å². The van der Waals surface area contributed by atoms with Crippen molar-refractivity contribution in [2.45, 2.75) is 12.5 Å². The first-order valence-electron chi connectivity index (χ1n) is 6.21. The van der Waals surface area contributed by atoms with Gasteiger partial charge in [0.2, 0.25) is 5.65 Å². The molecule has 2 atom stereocenters. The molecular weight excluding hydrogens is 296 g/mol. The van der Waals surface area contributed by atoms with E-state index in [1.807, 2.05) is 6.07 Å². The van der Waals surface area contributed by atoms with Crippen molar-refractivity contribution in [3.05, 3.63) is 16.7 Å². The largest absolute Gasteiger partial charge is 0.422 e. The highest BCUT2D eigenvalue weighted by atomic mass is 79.9. The van der Waals surface area contributed by atoms with Gasteiger partial charge in [-0.15, -0.1) is 0 Å². The van der Waals surface area contributed by atoms with Crippen LogP contribution in [0.25, 0.3) is 11.2 Å². The van der Waals surface area contributed by atoms with Gasteiger partial charge in [0.1, 0.15) is 0 Å². The molecule has 6 heteroatoms. The van der Waals surface area contributed by atoms with Crippen molar-refractivity contribution in [1.29, 1.82) is 0 Å². The highest BCUT2D eigenvalue weighted by Gasteiger charge is 2.34. The van der Waals surface area contributed by atoms with E-state index < -0.39 is 0 Å². The quantitative estimate of drug-likeness (QED) is 0.805. The third-order valence-electron chi connectivity index (χ3n) is 3.79. The van der Waals surface area contributed by atoms with Crippen LogP contribution < -0.4 is 4.90 Å². The van der Waals surface area contributed by atoms with Gasteiger partial charge in [-0.2, -0.15) is 4.98 Å². The van der Waals surface area contributed by atoms with Crippen molar-refractivity contribution in [2.75, 3.05) is 31.1 Å². The van der Waals surface area contributed by atoms with Gasteiger partial charge in [-0.1, -0.05) is 0 Å². The van der Waals surface area contributed by atoms with Crippen molar-refractivity contribution < 1.29 is 4.42 Å². The molecule has 2 fully saturated rings. The summed E-state index contributed by atoms with van der Waals surface area (Å²) >= 11 is 3.40. The minimum Gasteiger partial charge on any atom is -0.422 e. The van der Waals surface area contributed by atoms with E-state index in [1.54, 1.807) is 6.20 Å². The minimum atomic E-state index is 0.551. The average Bonchev–Trinajstić information content (AvgIpc) is 2.94. The molecule has 2 bridgehead atoms. The Labute approximate surface area is 113 Å². The molecule has 2 aromatic rings. The average molecular weight is 309 g/mol. The van der Waals surface area contributed by atoms with Gasteiger partial charge >= 0.3 is 0 Å². The van der Waals surface area contributed by atoms with Gasteiger partial charge < -0.3 is 9.32 Å². The summed E-state index contributed by atoms with van der Waals surface area (Å²) in [7, 11) is 0. The summed E-state index contributed by atoms with van der Waals surface area (Å²) in [5.41, 5.74) is 1.44. The van der Waals surface area contributed by atoms with E-state index in [0.717, 1.165) is 35.7 Å². The Morgan fingerprint density at radius 1 is 1.33 bits per heavy atom. The zero-order valence-electron chi connectivity index (χ0n) is 9.84. The zero-order valence-corrected chi connectivity index (χ0v) is 11.4. The summed E-state index contributed by atoms with van der Waals surface area (Å²) in [6, 6.07) is 3.20. The number of hydrogen-bond acceptors (Lipinski definition) is 5. The molecular formula is C12H13BrN4O. The molecule has 1 unspecified atom stereocenters. The van der Waals surface area contributed by atoms with Gasteiger partial charge in [0.15, 0.2) is 5.58 Å². The van der Waals surface area contributed by atoms with Gasteiger partial charge in [-0.3, -0.25) is 4.90 Å². The molecule has 2 aliphatic heterocycles. The number of piperazine rings is 1. The first kappa shape index (κ1) is 10.8. The summed E-state index contributed by atoms with van der Waals surface area (Å²) in [5.74, 6) is 0. The van der Waals surface area contributed by atoms with E-state index in [0.29, 0.717) is 11.7 Å². The summed E-state index contributed by atoms with van der Waals surface area (Å²) in [6.45, 7) is 4.44. The van der Waals surface area contributed by atoms with Gasteiger partial charge in [-0.25, -0.2) is 4.98 Å². The lowest BCUT2D eigenvalue weighted by Crippen LogP contribution is -2.46. The second kappa shape index (κ2) is 3.93. The second-order valence-corrected chi connectivity index (χ2v) is 5.82. The molecule has 4 heterocycles. The van der Waals surface area contributed by atoms with Crippen LogP contribution in [0.2, 0.25) is 0 Å². The highest BCUT2D eigenvalue weighted by Crippen LogP contribution is 2.29. The summed E-state index contributed by atoms with van der Waals surface area (Å²) in [5, 5.41) is 0. The molecule has 18 heavy (non-hydrogen) atoms. The van der Waals surface area contributed by atoms with Crippen LogP contribution in [0.1, 0.15) is 6.42 Å². The van der Waals surface area contributed by atoms with Gasteiger partial charge in [0.25, 0.3) is 6.01 Å². The Morgan fingerprint density at radius 2 is 2.28 bits per heavy atom. The maximum absolute atomic E-state index is 5.84. The molecule has 0 radical (unpaired) electrons. The number of hydrogen-bond donors (Lipinski definition) is 0. The Hall–Kier alpha value is -1.14. The summed E-state index contributed by atoms with van der Waals surface area (Å²) < 4.78 is 6.76. The molecule has 4 rings (SSSR count). The van der Waals surface area contributed by atoms with Crippen LogP contribution in [-0.2, 0) is 0 Å². The standard InChI is InChI=1S/C12H13BrN4O/c13-8-5-10-11(14-6-8)15-12(18-10)17-4-3-16-2-1-9(17)7-16/h5-6,9H,1-4,7H2/t9-/m1/s1. The van der Waals surface area contributed by atoms with E-state index >= 15 is 0 Å². The van der Waals surface area contributed by atoms with Crippen molar-refractivity contribution >= 4 is 33.2 Å². The summed E-state index contributed by atoms with van der Waals surface area (Å²) in [4.78, 5) is 13.6. The lowest BCUT2D eigenvalue weighted by molar-refractivity contribution is 0.304. The van der Waals surface area contributed by atoms with Crippen LogP contribution in [0.4, 0.5) is 6.01 Å². The van der Waals surface area contributed by atoms with Gasteiger partial charge in [-0.05, 0) is 22.4 Å².